The van der Waals surface area contributed by atoms with Crippen LogP contribution in [0.5, 0.6) is 0 Å². The molecule has 0 radical (unpaired) electrons. The maximum absolute atomic E-state index is 12.1. The van der Waals surface area contributed by atoms with Crippen LogP contribution in [0.4, 0.5) is 0 Å². The number of carbonyl (C=O) groups excluding carboxylic acids is 1. The number of hydrogen-bond acceptors (Lipinski definition) is 4. The van der Waals surface area contributed by atoms with Crippen LogP contribution in [0.3, 0.4) is 0 Å². The third-order valence-corrected chi connectivity index (χ3v) is 4.71. The fraction of sp³-hybridized carbons (Fsp3) is 0.615. The van der Waals surface area contributed by atoms with Gasteiger partial charge >= 0.3 is 0 Å². The Balaban J connectivity index is 2.10. The van der Waals surface area contributed by atoms with E-state index in [1.54, 1.807) is 0 Å². The van der Waals surface area contributed by atoms with Crippen molar-refractivity contribution >= 4 is 15.9 Å². The smallest absolute Gasteiger partial charge is 0.271 e. The van der Waals surface area contributed by atoms with E-state index in [0.29, 0.717) is 0 Å². The molecule has 1 atom stereocenters. The molecule has 6 nitrogen and oxygen atoms in total. The third kappa shape index (κ3) is 3.21. The molecule has 1 aliphatic rings. The second kappa shape index (κ2) is 5.21. The van der Waals surface area contributed by atoms with Crippen LogP contribution in [0, 0.1) is 5.41 Å². The molecule has 0 unspecified atom stereocenters. The molecule has 0 aliphatic heterocycles. The van der Waals surface area contributed by atoms with Crippen LogP contribution < -0.4 is 10.5 Å². The Morgan fingerprint density at radius 2 is 2.15 bits per heavy atom. The van der Waals surface area contributed by atoms with Gasteiger partial charge in [0.2, 0.25) is 5.09 Å². The van der Waals surface area contributed by atoms with Crippen molar-refractivity contribution in [3.8, 4) is 0 Å². The van der Waals surface area contributed by atoms with Gasteiger partial charge in [-0.05, 0) is 18.3 Å². The normalized spacial score (nSPS) is 22.4. The van der Waals surface area contributed by atoms with Crippen molar-refractivity contribution in [3.05, 3.63) is 17.9 Å². The fourth-order valence-electron chi connectivity index (χ4n) is 2.59. The lowest BCUT2D eigenvalue weighted by Crippen LogP contribution is -2.46. The second-order valence-electron chi connectivity index (χ2n) is 5.96. The quantitative estimate of drug-likeness (QED) is 0.885. The maximum atomic E-state index is 12.1. The van der Waals surface area contributed by atoms with Gasteiger partial charge in [-0.25, -0.2) is 13.6 Å². The van der Waals surface area contributed by atoms with E-state index in [0.717, 1.165) is 31.6 Å². The van der Waals surface area contributed by atoms with Crippen LogP contribution in [0.25, 0.3) is 0 Å². The molecule has 1 saturated carbocycles. The number of hydrogen-bond donors (Lipinski definition) is 2. The lowest BCUT2D eigenvalue weighted by atomic mass is 9.73. The molecule has 0 spiro atoms. The first-order chi connectivity index (χ1) is 9.20. The van der Waals surface area contributed by atoms with E-state index in [1.165, 1.54) is 6.42 Å². The number of primary sulfonamides is 1. The zero-order valence-corrected chi connectivity index (χ0v) is 12.5. The first-order valence-corrected chi connectivity index (χ1v) is 8.17. The Kier molecular flexibility index (Phi) is 3.93. The number of furan rings is 1. The molecule has 1 fully saturated rings. The maximum Gasteiger partial charge on any atom is 0.271 e. The standard InChI is InChI=1S/C13H20N2O4S/c1-13(2)6-4-3-5-10(13)15-12(16)9-7-11(19-8-9)20(14,17)18/h7-8,10H,3-6H2,1-2H3,(H,15,16)(H2,14,17,18)/t10-/m0/s1. The molecule has 2 rings (SSSR count). The summed E-state index contributed by atoms with van der Waals surface area (Å²) in [5.74, 6) is -0.330. The first-order valence-electron chi connectivity index (χ1n) is 6.62. The van der Waals surface area contributed by atoms with E-state index in [4.69, 9.17) is 9.56 Å². The van der Waals surface area contributed by atoms with Gasteiger partial charge in [-0.1, -0.05) is 26.7 Å². The van der Waals surface area contributed by atoms with E-state index in [9.17, 15) is 13.2 Å². The molecule has 0 aromatic carbocycles. The van der Waals surface area contributed by atoms with Gasteiger partial charge < -0.3 is 9.73 Å². The minimum atomic E-state index is -3.92. The van der Waals surface area contributed by atoms with Gasteiger partial charge in [0.05, 0.1) is 5.56 Å². The third-order valence-electron chi connectivity index (χ3n) is 3.93. The number of amides is 1. The van der Waals surface area contributed by atoms with Crippen LogP contribution in [0.2, 0.25) is 0 Å². The Morgan fingerprint density at radius 1 is 1.45 bits per heavy atom. The van der Waals surface area contributed by atoms with E-state index >= 15 is 0 Å². The summed E-state index contributed by atoms with van der Waals surface area (Å²) in [7, 11) is -3.92. The summed E-state index contributed by atoms with van der Waals surface area (Å²) in [6.45, 7) is 4.25. The lowest BCUT2D eigenvalue weighted by Gasteiger charge is -2.38. The average Bonchev–Trinajstić information content (AvgIpc) is 2.80. The number of sulfonamides is 1. The van der Waals surface area contributed by atoms with Crippen molar-refractivity contribution in [3.63, 3.8) is 0 Å². The van der Waals surface area contributed by atoms with Crippen LogP contribution in [-0.2, 0) is 10.0 Å². The highest BCUT2D eigenvalue weighted by Gasteiger charge is 2.33. The zero-order valence-electron chi connectivity index (χ0n) is 11.7. The van der Waals surface area contributed by atoms with Gasteiger partial charge in [-0.2, -0.15) is 0 Å². The van der Waals surface area contributed by atoms with Gasteiger partial charge in [0, 0.05) is 12.1 Å². The van der Waals surface area contributed by atoms with Crippen LogP contribution in [0.1, 0.15) is 49.9 Å². The van der Waals surface area contributed by atoms with E-state index in [1.807, 2.05) is 0 Å². The molecule has 1 aromatic rings. The van der Waals surface area contributed by atoms with Gasteiger partial charge in [-0.15, -0.1) is 0 Å². The molecular weight excluding hydrogens is 280 g/mol. The summed E-state index contributed by atoms with van der Waals surface area (Å²) in [5, 5.41) is 7.50. The van der Waals surface area contributed by atoms with Gasteiger partial charge in [0.1, 0.15) is 6.26 Å². The lowest BCUT2D eigenvalue weighted by molar-refractivity contribution is 0.0853. The van der Waals surface area contributed by atoms with Crippen molar-refractivity contribution < 1.29 is 17.6 Å². The number of rotatable bonds is 3. The zero-order chi connectivity index (χ0) is 15.0. The van der Waals surface area contributed by atoms with E-state index in [2.05, 4.69) is 19.2 Å². The average molecular weight is 300 g/mol. The highest BCUT2D eigenvalue weighted by atomic mass is 32.2. The number of nitrogens with two attached hydrogens (primary N) is 1. The predicted octanol–water partition coefficient (Wildman–Crippen LogP) is 1.63. The van der Waals surface area contributed by atoms with Crippen molar-refractivity contribution in [1.82, 2.24) is 5.32 Å². The molecule has 7 heteroatoms. The Bertz CT molecular complexity index is 604. The summed E-state index contributed by atoms with van der Waals surface area (Å²) >= 11 is 0. The Hall–Kier alpha value is -1.34. The summed E-state index contributed by atoms with van der Waals surface area (Å²) in [6.07, 6.45) is 5.36. The van der Waals surface area contributed by atoms with Gasteiger partial charge in [0.25, 0.3) is 15.9 Å². The van der Waals surface area contributed by atoms with Crippen molar-refractivity contribution in [2.75, 3.05) is 0 Å². The fourth-order valence-corrected chi connectivity index (χ4v) is 3.06. The van der Waals surface area contributed by atoms with Crippen LogP contribution >= 0.6 is 0 Å². The molecule has 0 saturated heterocycles. The van der Waals surface area contributed by atoms with Crippen molar-refractivity contribution in [2.45, 2.75) is 50.7 Å². The summed E-state index contributed by atoms with van der Waals surface area (Å²) in [6, 6.07) is 1.23. The van der Waals surface area contributed by atoms with Crippen molar-refractivity contribution in [2.24, 2.45) is 10.6 Å². The highest BCUT2D eigenvalue weighted by molar-refractivity contribution is 7.89. The number of carbonyl (C=O) groups is 1. The summed E-state index contributed by atoms with van der Waals surface area (Å²) in [5.41, 5.74) is 0.218. The molecule has 3 N–H and O–H groups in total. The molecule has 1 aromatic heterocycles. The van der Waals surface area contributed by atoms with E-state index < -0.39 is 15.1 Å². The van der Waals surface area contributed by atoms with Crippen LogP contribution in [0.15, 0.2) is 21.8 Å². The number of nitrogens with one attached hydrogen (secondary N) is 1. The minimum Gasteiger partial charge on any atom is -0.451 e. The summed E-state index contributed by atoms with van der Waals surface area (Å²) < 4.78 is 27.0. The van der Waals surface area contributed by atoms with Gasteiger partial charge in [0.15, 0.2) is 0 Å². The largest absolute Gasteiger partial charge is 0.451 e. The van der Waals surface area contributed by atoms with Crippen molar-refractivity contribution in [1.29, 1.82) is 0 Å². The van der Waals surface area contributed by atoms with Gasteiger partial charge in [-0.3, -0.25) is 4.79 Å². The minimum absolute atomic E-state index is 0.0421. The molecular formula is C13H20N2O4S. The molecule has 1 heterocycles. The predicted molar refractivity (Wildman–Crippen MR) is 73.6 cm³/mol. The molecule has 0 bridgehead atoms. The second-order valence-corrected chi connectivity index (χ2v) is 7.45. The first kappa shape index (κ1) is 15.1. The Morgan fingerprint density at radius 3 is 2.70 bits per heavy atom. The molecule has 1 amide bonds. The molecule has 1 aliphatic carbocycles. The molecule has 112 valence electrons. The SMILES string of the molecule is CC1(C)CCCC[C@@H]1NC(=O)c1coc(S(N)(=O)=O)c1. The van der Waals surface area contributed by atoms with E-state index in [-0.39, 0.29) is 22.9 Å². The summed E-state index contributed by atoms with van der Waals surface area (Å²) in [4.78, 5) is 12.1. The monoisotopic (exact) mass is 300 g/mol. The molecule has 20 heavy (non-hydrogen) atoms. The topological polar surface area (TPSA) is 102 Å². The Labute approximate surface area is 118 Å². The van der Waals surface area contributed by atoms with Crippen LogP contribution in [-0.4, -0.2) is 20.4 Å². The highest BCUT2D eigenvalue weighted by Crippen LogP contribution is 2.35.